The monoisotopic (exact) mass is 855 g/mol. The molecule has 2 aliphatic rings. The number of aromatic nitrogens is 7. The van der Waals surface area contributed by atoms with Gasteiger partial charge in [0.2, 0.25) is 0 Å². The predicted molar refractivity (Wildman–Crippen MR) is 200 cm³/mol. The van der Waals surface area contributed by atoms with Crippen molar-refractivity contribution in [1.29, 1.82) is 0 Å². The number of nitrogens with zero attached hydrogens (tertiary/aromatic N) is 8. The number of pyridine rings is 2. The molecule has 254 valence electrons. The summed E-state index contributed by atoms with van der Waals surface area (Å²) in [4.78, 5) is 12.5. The minimum absolute atomic E-state index is 0. The summed E-state index contributed by atoms with van der Waals surface area (Å²) in [6.07, 6.45) is 15.4. The SMILES string of the molecule is CC(C)(c1cccc(-n2[c-]cc(N3c4ccccc4C4C=CC=CC43)n2)n1)c1cccc(-n2[c-]cc(-n3c4ccccc4c4ccccc43)n2)n1.[Pt+2]. The van der Waals surface area contributed by atoms with E-state index < -0.39 is 5.41 Å². The van der Waals surface area contributed by atoms with Gasteiger partial charge >= 0.3 is 21.1 Å². The first-order chi connectivity index (χ1) is 25.0. The van der Waals surface area contributed by atoms with Crippen LogP contribution in [0.15, 0.2) is 146 Å². The Morgan fingerprint density at radius 3 is 1.81 bits per heavy atom. The van der Waals surface area contributed by atoms with Crippen LogP contribution in [0.25, 0.3) is 39.3 Å². The van der Waals surface area contributed by atoms with Gasteiger partial charge in [0.1, 0.15) is 0 Å². The van der Waals surface area contributed by atoms with Crippen molar-refractivity contribution in [2.75, 3.05) is 4.90 Å². The summed E-state index contributed by atoms with van der Waals surface area (Å²) >= 11 is 0. The number of para-hydroxylation sites is 3. The van der Waals surface area contributed by atoms with Crippen molar-refractivity contribution in [3.05, 3.63) is 175 Å². The Morgan fingerprint density at radius 1 is 0.577 bits per heavy atom. The van der Waals surface area contributed by atoms with Crippen LogP contribution in [-0.4, -0.2) is 40.1 Å². The number of benzene rings is 3. The molecule has 0 saturated heterocycles. The second-order valence-electron chi connectivity index (χ2n) is 13.6. The van der Waals surface area contributed by atoms with Gasteiger partial charge in [-0.15, -0.1) is 12.1 Å². The van der Waals surface area contributed by atoms with Crippen molar-refractivity contribution in [2.24, 2.45) is 0 Å². The van der Waals surface area contributed by atoms with Crippen LogP contribution in [-0.2, 0) is 26.5 Å². The third-order valence-electron chi connectivity index (χ3n) is 10.2. The van der Waals surface area contributed by atoms with Crippen LogP contribution in [0.2, 0.25) is 0 Å². The Labute approximate surface area is 315 Å². The maximum atomic E-state index is 5.11. The Bertz CT molecular complexity index is 2620. The molecule has 10 rings (SSSR count). The van der Waals surface area contributed by atoms with Crippen molar-refractivity contribution >= 4 is 33.3 Å². The van der Waals surface area contributed by atoms with Crippen LogP contribution in [0, 0.1) is 12.4 Å². The number of rotatable bonds is 6. The van der Waals surface area contributed by atoms with Crippen LogP contribution in [0.3, 0.4) is 0 Å². The molecular formula is C43H32N8Pt. The normalized spacial score (nSPS) is 16.3. The van der Waals surface area contributed by atoms with Gasteiger partial charge in [0.05, 0.1) is 29.3 Å². The fourth-order valence-corrected chi connectivity index (χ4v) is 7.65. The van der Waals surface area contributed by atoms with E-state index in [1.165, 1.54) is 22.0 Å². The molecule has 8 aromatic rings. The smallest absolute Gasteiger partial charge is 0.370 e. The summed E-state index contributed by atoms with van der Waals surface area (Å²) in [6, 6.07) is 41.5. The molecule has 8 nitrogen and oxygen atoms in total. The van der Waals surface area contributed by atoms with Crippen LogP contribution in [0.5, 0.6) is 0 Å². The number of fused-ring (bicyclic) bond motifs is 6. The topological polar surface area (TPSA) is 69.6 Å². The van der Waals surface area contributed by atoms with E-state index in [4.69, 9.17) is 20.2 Å². The molecule has 0 saturated carbocycles. The van der Waals surface area contributed by atoms with Crippen molar-refractivity contribution in [3.63, 3.8) is 0 Å². The zero-order chi connectivity index (χ0) is 34.1. The fraction of sp³-hybridized carbons (Fsp3) is 0.116. The van der Waals surface area contributed by atoms with E-state index in [9.17, 15) is 0 Å². The van der Waals surface area contributed by atoms with E-state index in [-0.39, 0.29) is 27.1 Å². The Balaban J connectivity index is 0.00000360. The van der Waals surface area contributed by atoms with Gasteiger partial charge in [-0.1, -0.05) is 116 Å². The number of anilines is 2. The molecule has 0 bridgehead atoms. The summed E-state index contributed by atoms with van der Waals surface area (Å²) in [5, 5.41) is 12.3. The summed E-state index contributed by atoms with van der Waals surface area (Å²) in [5.74, 6) is 3.30. The second-order valence-corrected chi connectivity index (χ2v) is 13.6. The molecule has 0 radical (unpaired) electrons. The first-order valence-electron chi connectivity index (χ1n) is 17.2. The average Bonchev–Trinajstić information content (AvgIpc) is 3.98. The molecule has 0 spiro atoms. The maximum Gasteiger partial charge on any atom is 2.00 e. The van der Waals surface area contributed by atoms with Crippen LogP contribution >= 0.6 is 0 Å². The second kappa shape index (κ2) is 12.4. The Morgan fingerprint density at radius 2 is 1.13 bits per heavy atom. The van der Waals surface area contributed by atoms with Crippen molar-refractivity contribution in [3.8, 4) is 17.5 Å². The molecule has 2 atom stereocenters. The third-order valence-corrected chi connectivity index (χ3v) is 10.2. The van der Waals surface area contributed by atoms with Gasteiger partial charge in [0.25, 0.3) is 0 Å². The molecule has 3 aromatic carbocycles. The van der Waals surface area contributed by atoms with Crippen LogP contribution in [0.1, 0.15) is 36.7 Å². The van der Waals surface area contributed by atoms with Crippen molar-refractivity contribution in [2.45, 2.75) is 31.2 Å². The minimum Gasteiger partial charge on any atom is -0.370 e. The molecule has 2 unspecified atom stereocenters. The molecule has 5 aromatic heterocycles. The van der Waals surface area contributed by atoms with Gasteiger partial charge in [-0.25, -0.2) is 10.2 Å². The van der Waals surface area contributed by atoms with Crippen LogP contribution < -0.4 is 4.90 Å². The van der Waals surface area contributed by atoms with E-state index in [0.29, 0.717) is 17.6 Å². The van der Waals surface area contributed by atoms with Gasteiger partial charge in [0, 0.05) is 50.2 Å². The molecule has 1 aliphatic heterocycles. The molecule has 52 heavy (non-hydrogen) atoms. The predicted octanol–water partition coefficient (Wildman–Crippen LogP) is 8.60. The maximum absolute atomic E-state index is 5.11. The van der Waals surface area contributed by atoms with Gasteiger partial charge in [-0.05, 0) is 49.7 Å². The molecule has 0 N–H and O–H groups in total. The standard InChI is InChI=1S/C43H32N8.Pt/c1-43(2,37-21-11-23-39(44-37)48-27-25-41(46-48)50-33-17-7-3-13-29(33)30-14-4-8-18-34(30)50)38-22-12-24-40(45-38)49-28-26-42(47-49)51-35-19-9-5-15-31(35)32-16-6-10-20-36(32)51;/h3-26,29,33H,1-2H3;/q-2;+2. The molecule has 0 fully saturated rings. The number of hydrogen-bond acceptors (Lipinski definition) is 5. The fourth-order valence-electron chi connectivity index (χ4n) is 7.65. The number of allylic oxidation sites excluding steroid dienone is 2. The van der Waals surface area contributed by atoms with E-state index in [1.54, 1.807) is 9.36 Å². The Hall–Kier alpha value is -5.85. The molecular weight excluding hydrogens is 824 g/mol. The van der Waals surface area contributed by atoms with Gasteiger partial charge in [-0.2, -0.15) is 0 Å². The van der Waals surface area contributed by atoms with E-state index >= 15 is 0 Å². The van der Waals surface area contributed by atoms with E-state index in [1.807, 2.05) is 48.5 Å². The van der Waals surface area contributed by atoms with Gasteiger partial charge < -0.3 is 18.8 Å². The zero-order valence-corrected chi connectivity index (χ0v) is 30.7. The third kappa shape index (κ3) is 5.01. The quantitative estimate of drug-likeness (QED) is 0.157. The first-order valence-corrected chi connectivity index (χ1v) is 17.2. The molecule has 6 heterocycles. The van der Waals surface area contributed by atoms with Crippen molar-refractivity contribution in [1.82, 2.24) is 34.1 Å². The summed E-state index contributed by atoms with van der Waals surface area (Å²) < 4.78 is 5.65. The summed E-state index contributed by atoms with van der Waals surface area (Å²) in [7, 11) is 0. The molecule has 1 aliphatic carbocycles. The summed E-state index contributed by atoms with van der Waals surface area (Å²) in [6.45, 7) is 4.29. The Kier molecular flexibility index (Phi) is 7.67. The van der Waals surface area contributed by atoms with Gasteiger partial charge in [-0.3, -0.25) is 9.97 Å². The first kappa shape index (κ1) is 32.1. The van der Waals surface area contributed by atoms with Gasteiger partial charge in [0.15, 0.2) is 0 Å². The molecule has 9 heteroatoms. The summed E-state index contributed by atoms with van der Waals surface area (Å²) in [5.41, 5.74) is 5.91. The number of hydrogen-bond donors (Lipinski definition) is 0. The minimum atomic E-state index is -0.523. The van der Waals surface area contributed by atoms with E-state index in [0.717, 1.165) is 34.1 Å². The average molecular weight is 856 g/mol. The largest absolute Gasteiger partial charge is 2.00 e. The zero-order valence-electron chi connectivity index (χ0n) is 28.4. The van der Waals surface area contributed by atoms with Crippen molar-refractivity contribution < 1.29 is 21.1 Å². The molecule has 0 amide bonds. The van der Waals surface area contributed by atoms with E-state index in [2.05, 4.69) is 133 Å². The van der Waals surface area contributed by atoms with Crippen LogP contribution in [0.4, 0.5) is 11.5 Å².